The highest BCUT2D eigenvalue weighted by atomic mass is 35.5. The number of carbonyl (C=O) groups is 1. The van der Waals surface area contributed by atoms with Crippen LogP contribution in [0.3, 0.4) is 0 Å². The number of ether oxygens (including phenoxy) is 1. The van der Waals surface area contributed by atoms with Gasteiger partial charge in [-0.15, -0.1) is 0 Å². The molecule has 0 aromatic carbocycles. The molecule has 0 unspecified atom stereocenters. The van der Waals surface area contributed by atoms with Gasteiger partial charge in [-0.3, -0.25) is 4.79 Å². The van der Waals surface area contributed by atoms with Crippen molar-refractivity contribution in [3.05, 3.63) is 11.8 Å². The molecule has 0 saturated carbocycles. The van der Waals surface area contributed by atoms with Crippen molar-refractivity contribution in [2.75, 3.05) is 0 Å². The van der Waals surface area contributed by atoms with Gasteiger partial charge >= 0.3 is 5.97 Å². The predicted octanol–water partition coefficient (Wildman–Crippen LogP) is 1.26. The average Bonchev–Trinajstić information content (AvgIpc) is 1.61. The maximum Gasteiger partial charge on any atom is 0.307 e. The number of hydrogen-bond donors (Lipinski definition) is 0. The van der Waals surface area contributed by atoms with Gasteiger partial charge in [0.2, 0.25) is 0 Å². The van der Waals surface area contributed by atoms with E-state index in [0.717, 1.165) is 11.8 Å². The molecule has 0 aromatic heterocycles. The van der Waals surface area contributed by atoms with Crippen molar-refractivity contribution < 1.29 is 9.53 Å². The van der Waals surface area contributed by atoms with Crippen molar-refractivity contribution in [2.45, 2.75) is 6.92 Å². The van der Waals surface area contributed by atoms with Crippen LogP contribution in [0.2, 0.25) is 0 Å². The number of rotatable bonds is 1. The Morgan fingerprint density at radius 2 is 2.43 bits per heavy atom. The Morgan fingerprint density at radius 1 is 1.86 bits per heavy atom. The lowest BCUT2D eigenvalue weighted by molar-refractivity contribution is -0.135. The van der Waals surface area contributed by atoms with Gasteiger partial charge in [-0.05, 0) is 0 Å². The van der Waals surface area contributed by atoms with E-state index in [1.165, 1.54) is 6.92 Å². The van der Waals surface area contributed by atoms with Gasteiger partial charge in [-0.25, -0.2) is 0 Å². The summed E-state index contributed by atoms with van der Waals surface area (Å²) in [5.74, 6) is -0.364. The summed E-state index contributed by atoms with van der Waals surface area (Å²) in [4.78, 5) is 9.87. The second-order valence-electron chi connectivity index (χ2n) is 0.872. The minimum absolute atomic E-state index is 0.364. The Hall–Kier alpha value is -0.500. The molecule has 0 saturated heterocycles. The fourth-order valence-electron chi connectivity index (χ4n) is 0.122. The lowest BCUT2D eigenvalue weighted by Gasteiger charge is -1.84. The number of carbonyl (C=O) groups excluding carboxylic acids is 1. The largest absolute Gasteiger partial charge is 0.434 e. The lowest BCUT2D eigenvalue weighted by Crippen LogP contribution is -1.88. The first kappa shape index (κ1) is 6.50. The molecular formula is C4H5ClO2. The summed E-state index contributed by atoms with van der Waals surface area (Å²) in [5.41, 5.74) is 1.13. The molecule has 2 nitrogen and oxygen atoms in total. The zero-order valence-electron chi connectivity index (χ0n) is 3.85. The average molecular weight is 121 g/mol. The minimum atomic E-state index is -0.364. The van der Waals surface area contributed by atoms with E-state index in [1.54, 1.807) is 0 Å². The second-order valence-corrected chi connectivity index (χ2v) is 1.12. The third-order valence-corrected chi connectivity index (χ3v) is 0.388. The van der Waals surface area contributed by atoms with Crippen LogP contribution in [0.1, 0.15) is 6.92 Å². The predicted molar refractivity (Wildman–Crippen MR) is 26.8 cm³/mol. The monoisotopic (exact) mass is 120 g/mol. The molecule has 7 heavy (non-hydrogen) atoms. The molecule has 0 rings (SSSR count). The maximum atomic E-state index is 9.87. The molecule has 0 aromatic rings. The van der Waals surface area contributed by atoms with Crippen LogP contribution >= 0.6 is 11.6 Å². The fraction of sp³-hybridized carbons (Fsp3) is 0.250. The number of hydrogen-bond acceptors (Lipinski definition) is 2. The van der Waals surface area contributed by atoms with Crippen LogP contribution in [-0.4, -0.2) is 5.97 Å². The molecule has 0 aliphatic rings. The van der Waals surface area contributed by atoms with Gasteiger partial charge in [0.1, 0.15) is 6.26 Å². The van der Waals surface area contributed by atoms with Gasteiger partial charge in [0, 0.05) is 12.5 Å². The molecular weight excluding hydrogens is 115 g/mol. The molecule has 0 N–H and O–H groups in total. The quantitative estimate of drug-likeness (QED) is 0.385. The molecule has 0 aliphatic heterocycles. The van der Waals surface area contributed by atoms with Gasteiger partial charge in [-0.2, -0.15) is 0 Å². The maximum absolute atomic E-state index is 9.87. The first-order chi connectivity index (χ1) is 3.27. The first-order valence-corrected chi connectivity index (χ1v) is 2.13. The third kappa shape index (κ3) is 5.50. The Morgan fingerprint density at radius 3 is 2.57 bits per heavy atom. The Kier molecular flexibility index (Phi) is 3.42. The highest BCUT2D eigenvalue weighted by Gasteiger charge is 1.80. The summed E-state index contributed by atoms with van der Waals surface area (Å²) < 4.78 is 4.24. The SMILES string of the molecule is CC(=O)OC=CCl. The molecule has 0 heterocycles. The second kappa shape index (κ2) is 3.68. The van der Waals surface area contributed by atoms with E-state index in [0.29, 0.717) is 0 Å². The van der Waals surface area contributed by atoms with E-state index < -0.39 is 0 Å². The van der Waals surface area contributed by atoms with Crippen molar-refractivity contribution >= 4 is 17.6 Å². The van der Waals surface area contributed by atoms with Crippen LogP contribution < -0.4 is 0 Å². The van der Waals surface area contributed by atoms with Crippen LogP contribution in [0.25, 0.3) is 0 Å². The van der Waals surface area contributed by atoms with Crippen molar-refractivity contribution in [1.82, 2.24) is 0 Å². The van der Waals surface area contributed by atoms with E-state index in [-0.39, 0.29) is 5.97 Å². The van der Waals surface area contributed by atoms with E-state index in [1.807, 2.05) is 0 Å². The third-order valence-electron chi connectivity index (χ3n) is 0.285. The van der Waals surface area contributed by atoms with E-state index in [2.05, 4.69) is 4.74 Å². The van der Waals surface area contributed by atoms with Crippen molar-refractivity contribution in [3.8, 4) is 0 Å². The van der Waals surface area contributed by atoms with E-state index in [4.69, 9.17) is 11.6 Å². The summed E-state index contributed by atoms with van der Waals surface area (Å²) in [5, 5.41) is 0. The Bertz CT molecular complexity index is 87.7. The Labute approximate surface area is 46.7 Å². The van der Waals surface area contributed by atoms with Gasteiger partial charge < -0.3 is 4.74 Å². The van der Waals surface area contributed by atoms with E-state index in [9.17, 15) is 4.79 Å². The van der Waals surface area contributed by atoms with Crippen LogP contribution in [-0.2, 0) is 9.53 Å². The molecule has 0 radical (unpaired) electrons. The molecule has 0 bridgehead atoms. The van der Waals surface area contributed by atoms with Crippen LogP contribution in [0, 0.1) is 0 Å². The summed E-state index contributed by atoms with van der Waals surface area (Å²) in [6.45, 7) is 1.30. The van der Waals surface area contributed by atoms with E-state index >= 15 is 0 Å². The van der Waals surface area contributed by atoms with Crippen molar-refractivity contribution in [1.29, 1.82) is 0 Å². The molecule has 0 aliphatic carbocycles. The molecule has 0 spiro atoms. The molecule has 40 valence electrons. The highest BCUT2D eigenvalue weighted by Crippen LogP contribution is 1.80. The number of esters is 1. The minimum Gasteiger partial charge on any atom is -0.434 e. The fourth-order valence-corrected chi connectivity index (χ4v) is 0.173. The smallest absolute Gasteiger partial charge is 0.307 e. The molecule has 3 heteroatoms. The standard InChI is InChI=1S/C4H5ClO2/c1-4(6)7-3-2-5/h2-3H,1H3. The summed E-state index contributed by atoms with van der Waals surface area (Å²) in [6.07, 6.45) is 1.11. The van der Waals surface area contributed by atoms with Gasteiger partial charge in [-0.1, -0.05) is 11.6 Å². The molecule has 0 amide bonds. The first-order valence-electron chi connectivity index (χ1n) is 1.70. The topological polar surface area (TPSA) is 26.3 Å². The Balaban J connectivity index is 3.14. The van der Waals surface area contributed by atoms with Gasteiger partial charge in [0.15, 0.2) is 0 Å². The van der Waals surface area contributed by atoms with Crippen molar-refractivity contribution in [3.63, 3.8) is 0 Å². The van der Waals surface area contributed by atoms with Gasteiger partial charge in [0.05, 0.1) is 0 Å². The molecule has 0 atom stereocenters. The van der Waals surface area contributed by atoms with Gasteiger partial charge in [0.25, 0.3) is 0 Å². The summed E-state index contributed by atoms with van der Waals surface area (Å²) in [6, 6.07) is 0. The highest BCUT2D eigenvalue weighted by molar-refractivity contribution is 6.25. The molecule has 0 fully saturated rings. The summed E-state index contributed by atoms with van der Waals surface area (Å²) in [7, 11) is 0. The zero-order chi connectivity index (χ0) is 5.70. The normalized spacial score (nSPS) is 9.43. The van der Waals surface area contributed by atoms with Crippen LogP contribution in [0.4, 0.5) is 0 Å². The van der Waals surface area contributed by atoms with Crippen LogP contribution in [0.5, 0.6) is 0 Å². The lowest BCUT2D eigenvalue weighted by atomic mass is 10.8. The zero-order valence-corrected chi connectivity index (χ0v) is 4.61. The summed E-state index contributed by atoms with van der Waals surface area (Å²) >= 11 is 4.99. The van der Waals surface area contributed by atoms with Crippen LogP contribution in [0.15, 0.2) is 11.8 Å². The number of halogens is 1. The van der Waals surface area contributed by atoms with Crippen molar-refractivity contribution in [2.24, 2.45) is 0 Å².